The van der Waals surface area contributed by atoms with Gasteiger partial charge in [0.05, 0.1) is 24.7 Å². The topological polar surface area (TPSA) is 86.7 Å². The summed E-state index contributed by atoms with van der Waals surface area (Å²) in [4.78, 5) is 0. The van der Waals surface area contributed by atoms with Crippen LogP contribution in [-0.2, 0) is 28.6 Å². The van der Waals surface area contributed by atoms with Gasteiger partial charge in [0.15, 0.2) is 0 Å². The predicted octanol–water partition coefficient (Wildman–Crippen LogP) is 0.352. The van der Waals surface area contributed by atoms with Crippen LogP contribution in [0.15, 0.2) is 0 Å². The van der Waals surface area contributed by atoms with E-state index in [1.54, 1.807) is 20.8 Å². The molecule has 6 nitrogen and oxygen atoms in total. The number of hydrogen-bond donors (Lipinski definition) is 0. The molecular formula is C8H18O6S2. The molecule has 0 saturated heterocycles. The molecule has 0 aromatic rings. The Morgan fingerprint density at radius 1 is 0.750 bits per heavy atom. The molecule has 0 heterocycles. The minimum absolute atomic E-state index is 0.371. The second kappa shape index (κ2) is 5.44. The van der Waals surface area contributed by atoms with Crippen LogP contribution in [0.3, 0.4) is 0 Å². The first-order chi connectivity index (χ1) is 6.92. The highest BCUT2D eigenvalue weighted by atomic mass is 32.2. The molecule has 0 bridgehead atoms. The minimum Gasteiger partial charge on any atom is -0.267 e. The molecule has 16 heavy (non-hydrogen) atoms. The zero-order valence-electron chi connectivity index (χ0n) is 10.00. The molecule has 0 radical (unpaired) electrons. The number of rotatable bonds is 6. The highest BCUT2D eigenvalue weighted by Crippen LogP contribution is 2.17. The van der Waals surface area contributed by atoms with E-state index in [-0.39, 0.29) is 5.92 Å². The van der Waals surface area contributed by atoms with Crippen LogP contribution in [0.4, 0.5) is 0 Å². The van der Waals surface area contributed by atoms with Crippen molar-refractivity contribution in [2.24, 2.45) is 5.92 Å². The molecule has 0 rings (SSSR count). The summed E-state index contributed by atoms with van der Waals surface area (Å²) in [7, 11) is -7.10. The van der Waals surface area contributed by atoms with E-state index < -0.39 is 32.4 Å². The molecule has 0 aliphatic heterocycles. The van der Waals surface area contributed by atoms with Gasteiger partial charge in [-0.15, -0.1) is 0 Å². The summed E-state index contributed by atoms with van der Waals surface area (Å²) >= 11 is 0. The third-order valence-electron chi connectivity index (χ3n) is 2.13. The van der Waals surface area contributed by atoms with E-state index >= 15 is 0 Å². The Labute approximate surface area is 97.2 Å². The maximum Gasteiger partial charge on any atom is 0.264 e. The van der Waals surface area contributed by atoms with Crippen LogP contribution < -0.4 is 0 Å². The fourth-order valence-corrected chi connectivity index (χ4v) is 2.56. The Balaban J connectivity index is 4.50. The number of hydrogen-bond acceptors (Lipinski definition) is 6. The molecule has 0 aliphatic rings. The lowest BCUT2D eigenvalue weighted by Crippen LogP contribution is -2.32. The normalized spacial score (nSPS) is 19.1. The summed E-state index contributed by atoms with van der Waals surface area (Å²) in [6, 6.07) is 0. The summed E-state index contributed by atoms with van der Waals surface area (Å²) in [5, 5.41) is 0. The first kappa shape index (κ1) is 15.8. The van der Waals surface area contributed by atoms with E-state index in [1.165, 1.54) is 0 Å². The Morgan fingerprint density at radius 3 is 1.19 bits per heavy atom. The largest absolute Gasteiger partial charge is 0.267 e. The maximum absolute atomic E-state index is 10.9. The third kappa shape index (κ3) is 7.15. The average Bonchev–Trinajstić information content (AvgIpc) is 1.96. The minimum atomic E-state index is -3.55. The molecule has 0 aromatic carbocycles. The molecule has 0 spiro atoms. The Bertz CT molecular complexity index is 370. The van der Waals surface area contributed by atoms with Crippen molar-refractivity contribution in [3.8, 4) is 0 Å². The first-order valence-electron chi connectivity index (χ1n) is 4.69. The lowest BCUT2D eigenvalue weighted by Gasteiger charge is -2.24. The Morgan fingerprint density at radius 2 is 1.00 bits per heavy atom. The summed E-state index contributed by atoms with van der Waals surface area (Å²) < 4.78 is 53.0. The van der Waals surface area contributed by atoms with E-state index in [2.05, 4.69) is 0 Å². The first-order valence-corrected chi connectivity index (χ1v) is 8.32. The fourth-order valence-electron chi connectivity index (χ4n) is 1.11. The van der Waals surface area contributed by atoms with Gasteiger partial charge in [-0.1, -0.05) is 6.92 Å². The van der Waals surface area contributed by atoms with Gasteiger partial charge < -0.3 is 0 Å². The zero-order valence-corrected chi connectivity index (χ0v) is 11.6. The molecule has 2 unspecified atom stereocenters. The SMILES string of the molecule is CC(OS(C)(=O)=O)C(C)C(C)OS(C)(=O)=O. The zero-order chi connectivity index (χ0) is 13.1. The van der Waals surface area contributed by atoms with Crippen molar-refractivity contribution >= 4 is 20.2 Å². The van der Waals surface area contributed by atoms with E-state index in [9.17, 15) is 16.8 Å². The van der Waals surface area contributed by atoms with Gasteiger partial charge in [0.2, 0.25) is 0 Å². The van der Waals surface area contributed by atoms with E-state index in [4.69, 9.17) is 8.37 Å². The molecule has 0 amide bonds. The van der Waals surface area contributed by atoms with E-state index in [0.717, 1.165) is 12.5 Å². The summed E-state index contributed by atoms with van der Waals surface area (Å²) in [6.07, 6.45) is 0.592. The van der Waals surface area contributed by atoms with Crippen molar-refractivity contribution in [3.05, 3.63) is 0 Å². The van der Waals surface area contributed by atoms with Crippen molar-refractivity contribution in [2.45, 2.75) is 33.0 Å². The smallest absolute Gasteiger partial charge is 0.264 e. The van der Waals surface area contributed by atoms with Crippen molar-refractivity contribution in [3.63, 3.8) is 0 Å². The molecule has 0 saturated carbocycles. The van der Waals surface area contributed by atoms with Crippen LogP contribution in [0.1, 0.15) is 20.8 Å². The Kier molecular flexibility index (Phi) is 5.37. The quantitative estimate of drug-likeness (QED) is 0.650. The lowest BCUT2D eigenvalue weighted by atomic mass is 10.0. The average molecular weight is 274 g/mol. The Hall–Kier alpha value is -0.180. The standard InChI is InChI=1S/C8H18O6S2/c1-6(7(2)13-15(4,9)10)8(3)14-16(5,11)12/h6-8H,1-5H3. The van der Waals surface area contributed by atoms with Gasteiger partial charge in [0.1, 0.15) is 0 Å². The van der Waals surface area contributed by atoms with Crippen molar-refractivity contribution in [1.82, 2.24) is 0 Å². The highest BCUT2D eigenvalue weighted by Gasteiger charge is 2.25. The van der Waals surface area contributed by atoms with Crippen molar-refractivity contribution < 1.29 is 25.2 Å². The molecule has 0 N–H and O–H groups in total. The van der Waals surface area contributed by atoms with Gasteiger partial charge in [-0.2, -0.15) is 16.8 Å². The van der Waals surface area contributed by atoms with Crippen LogP contribution in [0.25, 0.3) is 0 Å². The second-order valence-corrected chi connectivity index (χ2v) is 7.07. The fraction of sp³-hybridized carbons (Fsp3) is 1.00. The molecule has 0 aliphatic carbocycles. The van der Waals surface area contributed by atoms with Crippen LogP contribution in [0.5, 0.6) is 0 Å². The molecule has 2 atom stereocenters. The summed E-state index contributed by atoms with van der Waals surface area (Å²) in [5.74, 6) is -0.371. The molecule has 8 heteroatoms. The van der Waals surface area contributed by atoms with Crippen LogP contribution >= 0.6 is 0 Å². The predicted molar refractivity (Wildman–Crippen MR) is 59.9 cm³/mol. The highest BCUT2D eigenvalue weighted by molar-refractivity contribution is 7.86. The van der Waals surface area contributed by atoms with E-state index in [0.29, 0.717) is 0 Å². The summed E-state index contributed by atoms with van der Waals surface area (Å²) in [6.45, 7) is 4.76. The lowest BCUT2D eigenvalue weighted by molar-refractivity contribution is 0.0793. The van der Waals surface area contributed by atoms with Gasteiger partial charge in [-0.25, -0.2) is 0 Å². The van der Waals surface area contributed by atoms with Crippen LogP contribution in [0, 0.1) is 5.92 Å². The maximum atomic E-state index is 10.9. The molecular weight excluding hydrogens is 256 g/mol. The van der Waals surface area contributed by atoms with Crippen molar-refractivity contribution in [2.75, 3.05) is 12.5 Å². The second-order valence-electron chi connectivity index (χ2n) is 3.87. The molecule has 98 valence electrons. The van der Waals surface area contributed by atoms with E-state index in [1.807, 2.05) is 0 Å². The summed E-state index contributed by atoms with van der Waals surface area (Å²) in [5.41, 5.74) is 0. The van der Waals surface area contributed by atoms with Crippen LogP contribution in [-0.4, -0.2) is 41.6 Å². The third-order valence-corrected chi connectivity index (χ3v) is 3.44. The van der Waals surface area contributed by atoms with Gasteiger partial charge in [0.25, 0.3) is 20.2 Å². The molecule has 0 aromatic heterocycles. The van der Waals surface area contributed by atoms with Gasteiger partial charge in [-0.05, 0) is 13.8 Å². The van der Waals surface area contributed by atoms with Crippen LogP contribution in [0.2, 0.25) is 0 Å². The molecule has 0 fully saturated rings. The van der Waals surface area contributed by atoms with Gasteiger partial charge >= 0.3 is 0 Å². The van der Waals surface area contributed by atoms with Gasteiger partial charge in [0, 0.05) is 5.92 Å². The van der Waals surface area contributed by atoms with Gasteiger partial charge in [-0.3, -0.25) is 8.37 Å². The monoisotopic (exact) mass is 274 g/mol. The van der Waals surface area contributed by atoms with Crippen molar-refractivity contribution in [1.29, 1.82) is 0 Å².